The van der Waals surface area contributed by atoms with E-state index < -0.39 is 12.6 Å². The summed E-state index contributed by atoms with van der Waals surface area (Å²) in [6.07, 6.45) is -3.83. The second kappa shape index (κ2) is 5.25. The van der Waals surface area contributed by atoms with Crippen LogP contribution in [-0.4, -0.2) is 12.0 Å². The molecule has 1 unspecified atom stereocenters. The normalized spacial score (nSPS) is 14.2. The molecule has 0 aromatic rings. The van der Waals surface area contributed by atoms with Crippen molar-refractivity contribution in [2.75, 3.05) is 0 Å². The van der Waals surface area contributed by atoms with Crippen LogP contribution in [-0.2, 0) is 4.79 Å². The molecule has 1 atom stereocenters. The summed E-state index contributed by atoms with van der Waals surface area (Å²) in [4.78, 5) is 10.8. The van der Waals surface area contributed by atoms with E-state index in [-0.39, 0.29) is 18.1 Å². The summed E-state index contributed by atoms with van der Waals surface area (Å²) in [5, 5.41) is 0. The van der Waals surface area contributed by atoms with Crippen LogP contribution in [0.5, 0.6) is 0 Å². The Kier molecular flexibility index (Phi) is 5.03. The van der Waals surface area contributed by atoms with Gasteiger partial charge in [0.1, 0.15) is 5.78 Å². The highest BCUT2D eigenvalue weighted by atomic mass is 19.4. The van der Waals surface area contributed by atoms with E-state index in [1.165, 1.54) is 6.92 Å². The van der Waals surface area contributed by atoms with Gasteiger partial charge < -0.3 is 0 Å². The fourth-order valence-electron chi connectivity index (χ4n) is 1.24. The number of hydrogen-bond acceptors (Lipinski definition) is 1. The molecule has 0 radical (unpaired) electrons. The lowest BCUT2D eigenvalue weighted by Gasteiger charge is -2.11. The van der Waals surface area contributed by atoms with Crippen molar-refractivity contribution in [3.63, 3.8) is 0 Å². The molecule has 78 valence electrons. The second-order valence-electron chi connectivity index (χ2n) is 3.22. The summed E-state index contributed by atoms with van der Waals surface area (Å²) in [6.45, 7) is 3.25. The van der Waals surface area contributed by atoms with E-state index in [1.54, 1.807) is 0 Å². The summed E-state index contributed by atoms with van der Waals surface area (Å²) in [7, 11) is 0. The number of carbonyl (C=O) groups is 1. The fourth-order valence-corrected chi connectivity index (χ4v) is 1.24. The van der Waals surface area contributed by atoms with Crippen molar-refractivity contribution in [2.24, 2.45) is 5.92 Å². The molecule has 0 rings (SSSR count). The minimum atomic E-state index is -4.09. The van der Waals surface area contributed by atoms with Crippen LogP contribution in [0.15, 0.2) is 0 Å². The molecule has 0 saturated heterocycles. The van der Waals surface area contributed by atoms with E-state index in [1.807, 2.05) is 6.92 Å². The van der Waals surface area contributed by atoms with Crippen molar-refractivity contribution in [3.8, 4) is 0 Å². The number of halogens is 3. The van der Waals surface area contributed by atoms with Gasteiger partial charge in [-0.3, -0.25) is 4.79 Å². The van der Waals surface area contributed by atoms with Crippen molar-refractivity contribution in [3.05, 3.63) is 0 Å². The number of hydrogen-bond donors (Lipinski definition) is 0. The Balaban J connectivity index is 3.68. The van der Waals surface area contributed by atoms with Gasteiger partial charge in [0.15, 0.2) is 0 Å². The zero-order chi connectivity index (χ0) is 10.5. The number of ketones is 1. The Bertz CT molecular complexity index is 163. The van der Waals surface area contributed by atoms with Crippen LogP contribution in [0.1, 0.15) is 39.5 Å². The summed E-state index contributed by atoms with van der Waals surface area (Å²) < 4.78 is 35.2. The Hall–Kier alpha value is -0.540. The first-order valence-corrected chi connectivity index (χ1v) is 4.44. The Labute approximate surface area is 76.3 Å². The van der Waals surface area contributed by atoms with Crippen molar-refractivity contribution in [2.45, 2.75) is 45.7 Å². The third-order valence-corrected chi connectivity index (χ3v) is 2.08. The highest BCUT2D eigenvalue weighted by Crippen LogP contribution is 2.24. The van der Waals surface area contributed by atoms with Crippen LogP contribution >= 0.6 is 0 Å². The van der Waals surface area contributed by atoms with Gasteiger partial charge in [-0.15, -0.1) is 0 Å². The molecular formula is C9H15F3O. The summed E-state index contributed by atoms with van der Waals surface area (Å²) >= 11 is 0. The zero-order valence-electron chi connectivity index (χ0n) is 7.95. The second-order valence-corrected chi connectivity index (χ2v) is 3.22. The van der Waals surface area contributed by atoms with E-state index in [9.17, 15) is 18.0 Å². The van der Waals surface area contributed by atoms with E-state index in [0.29, 0.717) is 12.8 Å². The van der Waals surface area contributed by atoms with E-state index in [4.69, 9.17) is 0 Å². The van der Waals surface area contributed by atoms with E-state index in [0.717, 1.165) is 0 Å². The van der Waals surface area contributed by atoms with Crippen molar-refractivity contribution < 1.29 is 18.0 Å². The molecule has 0 saturated carbocycles. The van der Waals surface area contributed by atoms with Gasteiger partial charge in [-0.1, -0.05) is 6.92 Å². The number of alkyl halides is 3. The first-order valence-electron chi connectivity index (χ1n) is 4.44. The minimum absolute atomic E-state index is 0.00956. The van der Waals surface area contributed by atoms with Crippen molar-refractivity contribution >= 4 is 5.78 Å². The molecule has 0 N–H and O–H groups in total. The largest absolute Gasteiger partial charge is 0.389 e. The molecule has 0 aliphatic rings. The highest BCUT2D eigenvalue weighted by Gasteiger charge is 2.26. The Morgan fingerprint density at radius 3 is 2.23 bits per heavy atom. The van der Waals surface area contributed by atoms with Gasteiger partial charge in [0.2, 0.25) is 0 Å². The molecule has 0 aromatic heterocycles. The van der Waals surface area contributed by atoms with Crippen LogP contribution in [0.3, 0.4) is 0 Å². The topological polar surface area (TPSA) is 17.1 Å². The molecule has 0 aliphatic heterocycles. The average Bonchev–Trinajstić information content (AvgIpc) is 1.95. The zero-order valence-corrected chi connectivity index (χ0v) is 7.95. The third-order valence-electron chi connectivity index (χ3n) is 2.08. The van der Waals surface area contributed by atoms with Gasteiger partial charge in [-0.05, 0) is 26.2 Å². The lowest BCUT2D eigenvalue weighted by Crippen LogP contribution is -2.12. The smallest absolute Gasteiger partial charge is 0.300 e. The summed E-state index contributed by atoms with van der Waals surface area (Å²) in [6, 6.07) is 0. The lowest BCUT2D eigenvalue weighted by molar-refractivity contribution is -0.137. The average molecular weight is 196 g/mol. The fraction of sp³-hybridized carbons (Fsp3) is 0.889. The molecule has 0 amide bonds. The predicted molar refractivity (Wildman–Crippen MR) is 44.4 cm³/mol. The number of Topliss-reactive ketones (excluding diaryl/α,β-unsaturated/α-hetero) is 1. The Morgan fingerprint density at radius 2 is 1.92 bits per heavy atom. The molecule has 0 aromatic carbocycles. The van der Waals surface area contributed by atoms with Gasteiger partial charge in [-0.2, -0.15) is 13.2 Å². The van der Waals surface area contributed by atoms with Gasteiger partial charge in [0.25, 0.3) is 0 Å². The van der Waals surface area contributed by atoms with Crippen LogP contribution in [0, 0.1) is 5.92 Å². The molecule has 0 fully saturated rings. The molecule has 0 aliphatic carbocycles. The quantitative estimate of drug-likeness (QED) is 0.659. The molecular weight excluding hydrogens is 181 g/mol. The van der Waals surface area contributed by atoms with Crippen molar-refractivity contribution in [1.82, 2.24) is 0 Å². The molecule has 0 spiro atoms. The molecule has 0 heterocycles. The van der Waals surface area contributed by atoms with Crippen LogP contribution in [0.2, 0.25) is 0 Å². The SMILES string of the molecule is CCC(CCCC(F)(F)F)C(C)=O. The highest BCUT2D eigenvalue weighted by molar-refractivity contribution is 5.78. The molecule has 13 heavy (non-hydrogen) atoms. The molecule has 4 heteroatoms. The first-order chi connectivity index (χ1) is 5.87. The third kappa shape index (κ3) is 6.61. The van der Waals surface area contributed by atoms with Crippen LogP contribution in [0.25, 0.3) is 0 Å². The predicted octanol–water partition coefficient (Wildman–Crippen LogP) is 3.33. The molecule has 0 bridgehead atoms. The first kappa shape index (κ1) is 12.5. The monoisotopic (exact) mass is 196 g/mol. The van der Waals surface area contributed by atoms with E-state index >= 15 is 0 Å². The minimum Gasteiger partial charge on any atom is -0.300 e. The summed E-state index contributed by atoms with van der Waals surface area (Å²) in [5.41, 5.74) is 0. The number of rotatable bonds is 5. The van der Waals surface area contributed by atoms with E-state index in [2.05, 4.69) is 0 Å². The number of carbonyl (C=O) groups excluding carboxylic acids is 1. The summed E-state index contributed by atoms with van der Waals surface area (Å²) in [5.74, 6) is -0.202. The lowest BCUT2D eigenvalue weighted by atomic mass is 9.95. The van der Waals surface area contributed by atoms with Gasteiger partial charge >= 0.3 is 6.18 Å². The van der Waals surface area contributed by atoms with Crippen molar-refractivity contribution in [1.29, 1.82) is 0 Å². The van der Waals surface area contributed by atoms with Gasteiger partial charge in [-0.25, -0.2) is 0 Å². The molecule has 1 nitrogen and oxygen atoms in total. The van der Waals surface area contributed by atoms with Gasteiger partial charge in [0, 0.05) is 12.3 Å². The maximum Gasteiger partial charge on any atom is 0.389 e. The van der Waals surface area contributed by atoms with Gasteiger partial charge in [0.05, 0.1) is 0 Å². The maximum atomic E-state index is 11.7. The van der Waals surface area contributed by atoms with Crippen LogP contribution < -0.4 is 0 Å². The van der Waals surface area contributed by atoms with Crippen LogP contribution in [0.4, 0.5) is 13.2 Å². The Morgan fingerprint density at radius 1 is 1.38 bits per heavy atom. The standard InChI is InChI=1S/C9H15F3O/c1-3-8(7(2)13)5-4-6-9(10,11)12/h8H,3-6H2,1-2H3. The maximum absolute atomic E-state index is 11.7.